The van der Waals surface area contributed by atoms with Crippen LogP contribution < -0.4 is 0 Å². The lowest BCUT2D eigenvalue weighted by atomic mass is 10.0. The second-order valence-corrected chi connectivity index (χ2v) is 16.8. The number of hydrogen-bond donors (Lipinski definition) is 1. The lowest BCUT2D eigenvalue weighted by molar-refractivity contribution is -0.870. The molecule has 0 aromatic rings. The number of hydrogen-bond acceptors (Lipinski definition) is 7. The number of unbranched alkanes of at least 4 members (excludes halogenated alkanes) is 28. The van der Waals surface area contributed by atoms with Gasteiger partial charge in [-0.25, -0.2) is 4.57 Å². The number of carbonyl (C=O) groups excluding carboxylic acids is 2. The Labute approximate surface area is 346 Å². The first-order chi connectivity index (χ1) is 29.7. The summed E-state index contributed by atoms with van der Waals surface area (Å²) < 4.78 is 101. The number of ether oxygens (including phenoxy) is 2. The molecule has 0 aliphatic heterocycles. The number of likely N-dealkylation sites (N-methyl/N-ethyl adjacent to an activating group) is 1. The highest BCUT2D eigenvalue weighted by atomic mass is 31.2. The summed E-state index contributed by atoms with van der Waals surface area (Å²) in [4.78, 5) is 35.8. The van der Waals surface area contributed by atoms with Crippen LogP contribution in [0.3, 0.4) is 0 Å². The monoisotopic (exact) mass is 800 g/mol. The minimum absolute atomic E-state index is 0.0779. The van der Waals surface area contributed by atoms with E-state index in [9.17, 15) is 19.0 Å². The number of carbonyl (C=O) groups is 2. The third kappa shape index (κ3) is 40.7. The molecule has 0 spiro atoms. The first-order valence-corrected chi connectivity index (χ1v) is 23.6. The van der Waals surface area contributed by atoms with Gasteiger partial charge in [0.15, 0.2) is 6.10 Å². The Hall–Kier alpha value is -0.990. The molecule has 0 saturated heterocycles. The molecule has 0 aliphatic rings. The zero-order valence-corrected chi connectivity index (χ0v) is 35.6. The molecule has 1 N–H and O–H groups in total. The molecule has 0 aromatic carbocycles. The van der Waals surface area contributed by atoms with Crippen LogP contribution in [0.2, 0.25) is 0 Å². The molecule has 322 valence electrons. The number of quaternary nitrogens is 1. The van der Waals surface area contributed by atoms with Crippen molar-refractivity contribution in [3.8, 4) is 0 Å². The van der Waals surface area contributed by atoms with Crippen molar-refractivity contribution >= 4 is 19.8 Å². The largest absolute Gasteiger partial charge is 0.472 e. The fourth-order valence-corrected chi connectivity index (χ4v) is 7.15. The van der Waals surface area contributed by atoms with E-state index in [-0.39, 0.29) is 12.8 Å². The summed E-state index contributed by atoms with van der Waals surface area (Å²) in [7, 11) is -5.07. The molecule has 0 bridgehead atoms. The summed E-state index contributed by atoms with van der Waals surface area (Å²) in [5.74, 6) is -1.13. The second kappa shape index (κ2) is 37.6. The summed E-state index contributed by atoms with van der Waals surface area (Å²) in [6.07, 6.45) is 34.3. The van der Waals surface area contributed by atoms with Crippen LogP contribution >= 0.6 is 7.82 Å². The van der Waals surface area contributed by atoms with Gasteiger partial charge in [-0.2, -0.15) is 0 Å². The van der Waals surface area contributed by atoms with E-state index in [1.54, 1.807) is 0 Å². The van der Waals surface area contributed by atoms with Crippen molar-refractivity contribution < 1.29 is 54.4 Å². The van der Waals surface area contributed by atoms with Gasteiger partial charge in [0.2, 0.25) is 0 Å². The molecular weight excluding hydrogens is 701 g/mol. The molecule has 1 unspecified atom stereocenters. The fourth-order valence-electron chi connectivity index (χ4n) is 6.41. The lowest BCUT2D eigenvalue weighted by Crippen LogP contribution is -2.37. The number of rotatable bonds is 42. The quantitative estimate of drug-likeness (QED) is 0.0281. The van der Waals surface area contributed by atoms with Crippen molar-refractivity contribution in [3.05, 3.63) is 0 Å². The third-order valence-electron chi connectivity index (χ3n) is 9.80. The molecule has 10 heteroatoms. The maximum absolute atomic E-state index is 12.8. The Morgan fingerprint density at radius 2 is 0.889 bits per heavy atom. The molecule has 0 saturated carbocycles. The highest BCUT2D eigenvalue weighted by Crippen LogP contribution is 2.43. The molecule has 0 fully saturated rings. The van der Waals surface area contributed by atoms with E-state index in [2.05, 4.69) is 13.8 Å². The summed E-state index contributed by atoms with van der Waals surface area (Å²) in [5.41, 5.74) is 0. The lowest BCUT2D eigenvalue weighted by Gasteiger charge is -2.24. The van der Waals surface area contributed by atoms with Crippen LogP contribution in [0.1, 0.15) is 232 Å². The molecule has 0 aliphatic carbocycles. The van der Waals surface area contributed by atoms with Gasteiger partial charge in [0, 0.05) is 12.8 Å². The van der Waals surface area contributed by atoms with Crippen molar-refractivity contribution in [2.24, 2.45) is 0 Å². The van der Waals surface area contributed by atoms with Crippen LogP contribution in [0.5, 0.6) is 0 Å². The molecule has 0 radical (unpaired) electrons. The van der Waals surface area contributed by atoms with E-state index in [0.29, 0.717) is 12.8 Å². The van der Waals surface area contributed by atoms with Gasteiger partial charge in [0.25, 0.3) is 0 Å². The highest BCUT2D eigenvalue weighted by Gasteiger charge is 2.27. The van der Waals surface area contributed by atoms with E-state index < -0.39 is 77.6 Å². The van der Waals surface area contributed by atoms with Crippen LogP contribution in [0.15, 0.2) is 0 Å². The van der Waals surface area contributed by atoms with E-state index >= 15 is 0 Å². The topological polar surface area (TPSA) is 108 Å². The molecule has 0 aromatic heterocycles. The van der Waals surface area contributed by atoms with Crippen molar-refractivity contribution in [2.75, 3.05) is 47.3 Å². The molecule has 0 rings (SSSR count). The van der Waals surface area contributed by atoms with Gasteiger partial charge in [-0.1, -0.05) is 194 Å². The maximum Gasteiger partial charge on any atom is 0.472 e. The van der Waals surface area contributed by atoms with E-state index in [1.165, 1.54) is 135 Å². The van der Waals surface area contributed by atoms with Gasteiger partial charge in [0.05, 0.1) is 39.9 Å². The Balaban J connectivity index is 4.90. The van der Waals surface area contributed by atoms with Crippen molar-refractivity contribution in [1.29, 1.82) is 0 Å². The smallest absolute Gasteiger partial charge is 0.462 e. The van der Waals surface area contributed by atoms with Crippen molar-refractivity contribution in [2.45, 2.75) is 225 Å². The van der Waals surface area contributed by atoms with Gasteiger partial charge in [-0.05, 0) is 12.8 Å². The Morgan fingerprint density at radius 3 is 1.26 bits per heavy atom. The highest BCUT2D eigenvalue weighted by molar-refractivity contribution is 7.47. The summed E-state index contributed by atoms with van der Waals surface area (Å²) in [6, 6.07) is 0. The zero-order chi connectivity index (χ0) is 47.5. The Kier molecular flexibility index (Phi) is 26.8. The van der Waals surface area contributed by atoms with Crippen LogP contribution in [0, 0.1) is 0 Å². The van der Waals surface area contributed by atoms with E-state index in [0.717, 1.165) is 44.9 Å². The van der Waals surface area contributed by atoms with Crippen LogP contribution in [0.4, 0.5) is 0 Å². The number of nitrogens with zero attached hydrogens (tertiary/aromatic N) is 1. The van der Waals surface area contributed by atoms with Crippen LogP contribution in [0.25, 0.3) is 0 Å². The molecule has 9 nitrogen and oxygen atoms in total. The minimum Gasteiger partial charge on any atom is -0.462 e. The SMILES string of the molecule is [2H]C([2H])([2H])[N+](CCOP(=O)(O)OC[C@H](COC(=O)CCCCCCCCCCCCCCCCC)OC(=O)CCCCCCCCCCCCCCCCC)(C([2H])([2H])[2H])C([2H])([2H])[2H]. The zero-order valence-electron chi connectivity index (χ0n) is 43.7. The van der Waals surface area contributed by atoms with Crippen LogP contribution in [-0.4, -0.2) is 74.7 Å². The first-order valence-electron chi connectivity index (χ1n) is 26.6. The van der Waals surface area contributed by atoms with Gasteiger partial charge in [-0.3, -0.25) is 18.6 Å². The number of phosphoric acid groups is 1. The molecule has 0 heterocycles. The maximum atomic E-state index is 12.8. The average molecular weight is 800 g/mol. The normalized spacial score (nSPS) is 16.7. The van der Waals surface area contributed by atoms with Gasteiger partial charge < -0.3 is 18.9 Å². The van der Waals surface area contributed by atoms with Gasteiger partial charge in [-0.15, -0.1) is 0 Å². The Morgan fingerprint density at radius 1 is 0.537 bits per heavy atom. The van der Waals surface area contributed by atoms with E-state index in [4.69, 9.17) is 30.9 Å². The Bertz CT molecular complexity index is 1160. The predicted molar refractivity (Wildman–Crippen MR) is 225 cm³/mol. The second-order valence-electron chi connectivity index (χ2n) is 15.3. The molecule has 2 atom stereocenters. The number of phosphoric ester groups is 1. The molecule has 54 heavy (non-hydrogen) atoms. The molecule has 0 amide bonds. The summed E-state index contributed by atoms with van der Waals surface area (Å²) in [6.45, 7) is -9.72. The summed E-state index contributed by atoms with van der Waals surface area (Å²) in [5, 5.41) is 0. The number of esters is 2. The minimum atomic E-state index is -5.07. The fraction of sp³-hybridized carbons (Fsp3) is 0.955. The van der Waals surface area contributed by atoms with Gasteiger partial charge in [0.1, 0.15) is 19.8 Å². The van der Waals surface area contributed by atoms with E-state index in [1.807, 2.05) is 0 Å². The van der Waals surface area contributed by atoms with Gasteiger partial charge >= 0.3 is 19.8 Å². The third-order valence-corrected chi connectivity index (χ3v) is 10.8. The van der Waals surface area contributed by atoms with Crippen LogP contribution in [-0.2, 0) is 32.7 Å². The standard InChI is InChI=1S/C44H88NO8P/c1-6-8-10-12-14-16-18-20-22-24-26-28-30-32-34-36-43(46)50-40-42(41-52-54(48,49)51-39-38-45(3,4)5)53-44(47)37-35-33-31-29-27-25-23-21-19-17-15-13-11-9-7-2/h42H,6-41H2,1-5H3/p+1/t42-/m0/s1/i3D3,4D3,5D3. The summed E-state index contributed by atoms with van der Waals surface area (Å²) >= 11 is 0. The first kappa shape index (κ1) is 38.5. The van der Waals surface area contributed by atoms with Crippen molar-refractivity contribution in [1.82, 2.24) is 0 Å². The predicted octanol–water partition coefficient (Wildman–Crippen LogP) is 12.8. The van der Waals surface area contributed by atoms with Crippen molar-refractivity contribution in [3.63, 3.8) is 0 Å². The molecular formula is C44H89NO8P+. The average Bonchev–Trinajstić information content (AvgIpc) is 3.19.